The Balaban J connectivity index is 1.55. The van der Waals surface area contributed by atoms with E-state index >= 15 is 0 Å². The second-order valence-electron chi connectivity index (χ2n) is 7.19. The van der Waals surface area contributed by atoms with Crippen LogP contribution in [0.2, 0.25) is 0 Å². The van der Waals surface area contributed by atoms with Gasteiger partial charge in [0.25, 0.3) is 11.8 Å². The molecule has 4 rings (SSSR count). The van der Waals surface area contributed by atoms with Gasteiger partial charge in [0.05, 0.1) is 18.2 Å². The van der Waals surface area contributed by atoms with E-state index in [0.29, 0.717) is 0 Å². The van der Waals surface area contributed by atoms with Crippen LogP contribution in [0, 0.1) is 12.8 Å². The summed E-state index contributed by atoms with van der Waals surface area (Å²) in [7, 11) is 0. The minimum absolute atomic E-state index is 0.0818. The number of furan rings is 1. The normalized spacial score (nSPS) is 19.7. The summed E-state index contributed by atoms with van der Waals surface area (Å²) in [6.07, 6.45) is -3.30. The summed E-state index contributed by atoms with van der Waals surface area (Å²) < 4.78 is 45.5. The van der Waals surface area contributed by atoms with Gasteiger partial charge in [-0.1, -0.05) is 12.1 Å². The Morgan fingerprint density at radius 3 is 2.69 bits per heavy atom. The number of nitrogens with zero attached hydrogens (tertiary/aromatic N) is 1. The van der Waals surface area contributed by atoms with Crippen LogP contribution in [-0.4, -0.2) is 47.0 Å². The van der Waals surface area contributed by atoms with E-state index in [1.54, 1.807) is 6.07 Å². The maximum absolute atomic E-state index is 13.5. The highest BCUT2D eigenvalue weighted by molar-refractivity contribution is 5.98. The topological polar surface area (TPSA) is 78.3 Å². The van der Waals surface area contributed by atoms with E-state index in [2.05, 4.69) is 10.3 Å². The van der Waals surface area contributed by atoms with E-state index in [-0.39, 0.29) is 18.0 Å². The quantitative estimate of drug-likeness (QED) is 0.700. The van der Waals surface area contributed by atoms with E-state index in [4.69, 9.17) is 4.42 Å². The molecule has 0 unspecified atom stereocenters. The molecule has 2 amide bonds. The SMILES string of the molecule is Cc1ccc2cc(C(=O)N3C[C@@H](C(F)(F)F)[C@H](NC(=O)c4ccco4)C3)[nH]c2c1. The minimum Gasteiger partial charge on any atom is -0.459 e. The van der Waals surface area contributed by atoms with Crippen LogP contribution >= 0.6 is 0 Å². The van der Waals surface area contributed by atoms with Crippen LogP contribution in [-0.2, 0) is 0 Å². The van der Waals surface area contributed by atoms with Crippen molar-refractivity contribution in [2.75, 3.05) is 13.1 Å². The lowest BCUT2D eigenvalue weighted by molar-refractivity contribution is -0.174. The smallest absolute Gasteiger partial charge is 0.395 e. The van der Waals surface area contributed by atoms with Crippen LogP contribution in [0.3, 0.4) is 0 Å². The Morgan fingerprint density at radius 2 is 2.00 bits per heavy atom. The number of carbonyl (C=O) groups excluding carboxylic acids is 2. The first-order valence-electron chi connectivity index (χ1n) is 9.02. The summed E-state index contributed by atoms with van der Waals surface area (Å²) in [4.78, 5) is 29.1. The van der Waals surface area contributed by atoms with Crippen LogP contribution in [0.5, 0.6) is 0 Å². The Morgan fingerprint density at radius 1 is 1.21 bits per heavy atom. The second kappa shape index (κ2) is 6.98. The van der Waals surface area contributed by atoms with Crippen molar-refractivity contribution in [2.45, 2.75) is 19.1 Å². The largest absolute Gasteiger partial charge is 0.459 e. The van der Waals surface area contributed by atoms with E-state index in [1.165, 1.54) is 18.4 Å². The fourth-order valence-electron chi connectivity index (χ4n) is 3.62. The summed E-state index contributed by atoms with van der Waals surface area (Å²) in [6.45, 7) is 1.13. The van der Waals surface area contributed by atoms with Crippen LogP contribution in [0.1, 0.15) is 26.6 Å². The Bertz CT molecular complexity index is 1060. The third-order valence-corrected chi connectivity index (χ3v) is 5.10. The maximum Gasteiger partial charge on any atom is 0.395 e. The van der Waals surface area contributed by atoms with Gasteiger partial charge in [-0.25, -0.2) is 0 Å². The molecule has 0 aliphatic carbocycles. The minimum atomic E-state index is -4.56. The van der Waals surface area contributed by atoms with Gasteiger partial charge >= 0.3 is 6.18 Å². The number of hydrogen-bond acceptors (Lipinski definition) is 3. The van der Waals surface area contributed by atoms with Crippen molar-refractivity contribution < 1.29 is 27.2 Å². The van der Waals surface area contributed by atoms with Gasteiger partial charge in [0, 0.05) is 24.0 Å². The summed E-state index contributed by atoms with van der Waals surface area (Å²) in [5.41, 5.74) is 1.95. The number of carbonyl (C=O) groups is 2. The molecule has 29 heavy (non-hydrogen) atoms. The number of H-pyrrole nitrogens is 1. The van der Waals surface area contributed by atoms with Crippen molar-refractivity contribution in [3.05, 3.63) is 59.7 Å². The highest BCUT2D eigenvalue weighted by atomic mass is 19.4. The molecule has 2 N–H and O–H groups in total. The fourth-order valence-corrected chi connectivity index (χ4v) is 3.62. The van der Waals surface area contributed by atoms with Gasteiger partial charge < -0.3 is 19.6 Å². The molecule has 3 aromatic rings. The van der Waals surface area contributed by atoms with Crippen molar-refractivity contribution in [3.8, 4) is 0 Å². The van der Waals surface area contributed by atoms with Gasteiger partial charge in [-0.05, 0) is 36.8 Å². The van der Waals surface area contributed by atoms with Gasteiger partial charge in [-0.15, -0.1) is 0 Å². The lowest BCUT2D eigenvalue weighted by Crippen LogP contribution is -2.45. The number of aromatic nitrogens is 1. The highest BCUT2D eigenvalue weighted by Gasteiger charge is 2.51. The lowest BCUT2D eigenvalue weighted by atomic mass is 10.0. The summed E-state index contributed by atoms with van der Waals surface area (Å²) in [5.74, 6) is -3.23. The molecular weight excluding hydrogens is 387 g/mol. The predicted molar refractivity (Wildman–Crippen MR) is 98.4 cm³/mol. The number of aryl methyl sites for hydroxylation is 1. The number of aromatic amines is 1. The number of amides is 2. The first-order valence-corrected chi connectivity index (χ1v) is 9.02. The number of fused-ring (bicyclic) bond motifs is 1. The van der Waals surface area contributed by atoms with Crippen molar-refractivity contribution in [1.82, 2.24) is 15.2 Å². The molecule has 0 radical (unpaired) electrons. The van der Waals surface area contributed by atoms with Gasteiger partial charge in [-0.2, -0.15) is 13.2 Å². The molecular formula is C20H18F3N3O3. The molecule has 0 bridgehead atoms. The molecule has 1 saturated heterocycles. The van der Waals surface area contributed by atoms with Gasteiger partial charge in [0.2, 0.25) is 0 Å². The highest BCUT2D eigenvalue weighted by Crippen LogP contribution is 2.34. The first-order chi connectivity index (χ1) is 13.7. The van der Waals surface area contributed by atoms with E-state index in [9.17, 15) is 22.8 Å². The molecule has 3 heterocycles. The second-order valence-corrected chi connectivity index (χ2v) is 7.19. The van der Waals surface area contributed by atoms with Crippen LogP contribution in [0.4, 0.5) is 13.2 Å². The fraction of sp³-hybridized carbons (Fsp3) is 0.300. The van der Waals surface area contributed by atoms with Crippen LogP contribution in [0.15, 0.2) is 47.1 Å². The van der Waals surface area contributed by atoms with Crippen LogP contribution in [0.25, 0.3) is 10.9 Å². The molecule has 0 saturated carbocycles. The number of nitrogens with one attached hydrogen (secondary N) is 2. The Labute approximate surface area is 163 Å². The Kier molecular flexibility index (Phi) is 4.60. The van der Waals surface area contributed by atoms with Crippen molar-refractivity contribution in [1.29, 1.82) is 0 Å². The number of likely N-dealkylation sites (tertiary alicyclic amines) is 1. The molecule has 6 nitrogen and oxygen atoms in total. The maximum atomic E-state index is 13.5. The van der Waals surface area contributed by atoms with E-state index in [1.807, 2.05) is 25.1 Å². The van der Waals surface area contributed by atoms with Crippen molar-refractivity contribution in [3.63, 3.8) is 0 Å². The average Bonchev–Trinajstić information content (AvgIpc) is 3.39. The lowest BCUT2D eigenvalue weighted by Gasteiger charge is -2.21. The Hall–Kier alpha value is -3.23. The molecule has 2 aromatic heterocycles. The number of hydrogen-bond donors (Lipinski definition) is 2. The standard InChI is InChI=1S/C20H18F3N3O3/c1-11-4-5-12-8-15(24-14(12)7-11)19(28)26-9-13(20(21,22)23)16(10-26)25-18(27)17-3-2-6-29-17/h2-8,13,16,24H,9-10H2,1H3,(H,25,27)/t13-,16-/m1/s1. The van der Waals surface area contributed by atoms with Gasteiger partial charge in [0.1, 0.15) is 5.69 Å². The monoisotopic (exact) mass is 405 g/mol. The molecule has 152 valence electrons. The number of alkyl halides is 3. The molecule has 2 atom stereocenters. The predicted octanol–water partition coefficient (Wildman–Crippen LogP) is 3.50. The third-order valence-electron chi connectivity index (χ3n) is 5.10. The van der Waals surface area contributed by atoms with Crippen LogP contribution < -0.4 is 5.32 Å². The van der Waals surface area contributed by atoms with Gasteiger partial charge in [0.15, 0.2) is 5.76 Å². The van der Waals surface area contributed by atoms with E-state index in [0.717, 1.165) is 21.4 Å². The molecule has 1 fully saturated rings. The summed E-state index contributed by atoms with van der Waals surface area (Å²) >= 11 is 0. The van der Waals surface area contributed by atoms with E-state index < -0.39 is 36.5 Å². The molecule has 0 spiro atoms. The zero-order valence-electron chi connectivity index (χ0n) is 15.4. The number of benzene rings is 1. The summed E-state index contributed by atoms with van der Waals surface area (Å²) in [6, 6.07) is 8.78. The number of rotatable bonds is 3. The zero-order chi connectivity index (χ0) is 20.8. The zero-order valence-corrected chi connectivity index (χ0v) is 15.4. The third kappa shape index (κ3) is 3.72. The molecule has 1 aromatic carbocycles. The summed E-state index contributed by atoms with van der Waals surface area (Å²) in [5, 5.41) is 3.15. The van der Waals surface area contributed by atoms with Crippen molar-refractivity contribution in [2.24, 2.45) is 5.92 Å². The first kappa shape index (κ1) is 19.1. The molecule has 9 heteroatoms. The van der Waals surface area contributed by atoms with Gasteiger partial charge in [-0.3, -0.25) is 9.59 Å². The number of halogens is 3. The average molecular weight is 405 g/mol. The van der Waals surface area contributed by atoms with Crippen molar-refractivity contribution >= 4 is 22.7 Å². The molecule has 1 aliphatic rings. The molecule has 1 aliphatic heterocycles.